The molecule has 0 aliphatic carbocycles. The molecule has 8 nitrogen and oxygen atoms in total. The van der Waals surface area contributed by atoms with Gasteiger partial charge in [-0.15, -0.1) is 0 Å². The van der Waals surface area contributed by atoms with Gasteiger partial charge in [-0.25, -0.2) is 0 Å². The van der Waals surface area contributed by atoms with Crippen molar-refractivity contribution in [2.45, 2.75) is 47.3 Å². The van der Waals surface area contributed by atoms with Crippen LogP contribution in [0.2, 0.25) is 0 Å². The maximum atomic E-state index is 12.5. The van der Waals surface area contributed by atoms with E-state index in [0.29, 0.717) is 5.56 Å². The molecule has 0 bridgehead atoms. The van der Waals surface area contributed by atoms with E-state index in [2.05, 4.69) is 5.10 Å². The quantitative estimate of drug-likeness (QED) is 0.340. The summed E-state index contributed by atoms with van der Waals surface area (Å²) in [5.41, 5.74) is 2.60. The first kappa shape index (κ1) is 19.3. The van der Waals surface area contributed by atoms with Crippen LogP contribution in [0.25, 0.3) is 0 Å². The highest BCUT2D eigenvalue weighted by molar-refractivity contribution is 6.01. The number of hydrogen-bond donors (Lipinski definition) is 0. The number of nitrogens with zero attached hydrogens (tertiary/aromatic N) is 3. The van der Waals surface area contributed by atoms with E-state index in [1.807, 2.05) is 26.0 Å². The highest BCUT2D eigenvalue weighted by atomic mass is 16.6. The molecule has 0 radical (unpaired) electrons. The third kappa shape index (κ3) is 3.96. The first-order valence-electron chi connectivity index (χ1n) is 8.11. The van der Waals surface area contributed by atoms with E-state index in [1.54, 1.807) is 6.07 Å². The lowest BCUT2D eigenvalue weighted by atomic mass is 9.99. The van der Waals surface area contributed by atoms with Gasteiger partial charge in [0.2, 0.25) is 5.78 Å². The Hall–Kier alpha value is -3.03. The minimum atomic E-state index is -0.963. The van der Waals surface area contributed by atoms with Crippen molar-refractivity contribution in [1.29, 1.82) is 0 Å². The van der Waals surface area contributed by atoms with Crippen LogP contribution in [0, 0.1) is 37.8 Å². The van der Waals surface area contributed by atoms with Gasteiger partial charge in [0.25, 0.3) is 0 Å². The van der Waals surface area contributed by atoms with E-state index in [-0.39, 0.29) is 29.4 Å². The Morgan fingerprint density at radius 2 is 1.92 bits per heavy atom. The van der Waals surface area contributed by atoms with Crippen LogP contribution >= 0.6 is 0 Å². The molecule has 2 aromatic rings. The van der Waals surface area contributed by atoms with Crippen molar-refractivity contribution in [3.63, 3.8) is 0 Å². The predicted molar refractivity (Wildman–Crippen MR) is 94.2 cm³/mol. The van der Waals surface area contributed by atoms with E-state index < -0.39 is 17.0 Å². The third-order valence-corrected chi connectivity index (χ3v) is 4.14. The Morgan fingerprint density at radius 3 is 2.50 bits per heavy atom. The second-order valence-electron chi connectivity index (χ2n) is 6.25. The van der Waals surface area contributed by atoms with Gasteiger partial charge in [0, 0.05) is 5.56 Å². The normalized spacial score (nSPS) is 11.9. The van der Waals surface area contributed by atoms with E-state index >= 15 is 0 Å². The van der Waals surface area contributed by atoms with E-state index in [4.69, 9.17) is 4.74 Å². The van der Waals surface area contributed by atoms with Crippen LogP contribution in [-0.4, -0.2) is 32.6 Å². The molecule has 0 spiro atoms. The van der Waals surface area contributed by atoms with Crippen molar-refractivity contribution < 1.29 is 19.2 Å². The molecule has 0 unspecified atom stereocenters. The molecule has 26 heavy (non-hydrogen) atoms. The van der Waals surface area contributed by atoms with Gasteiger partial charge >= 0.3 is 11.7 Å². The average Bonchev–Trinajstić information content (AvgIpc) is 2.82. The minimum Gasteiger partial charge on any atom is -0.453 e. The fourth-order valence-corrected chi connectivity index (χ4v) is 2.74. The van der Waals surface area contributed by atoms with Gasteiger partial charge < -0.3 is 4.74 Å². The van der Waals surface area contributed by atoms with Gasteiger partial charge in [0.1, 0.15) is 17.9 Å². The zero-order chi connectivity index (χ0) is 19.6. The lowest BCUT2D eigenvalue weighted by molar-refractivity contribution is -0.386. The molecule has 0 aliphatic heterocycles. The molecule has 0 aliphatic rings. The molecular formula is C18H21N3O5. The Morgan fingerprint density at radius 1 is 1.27 bits per heavy atom. The van der Waals surface area contributed by atoms with Crippen molar-refractivity contribution in [3.8, 4) is 0 Å². The van der Waals surface area contributed by atoms with Crippen molar-refractivity contribution >= 4 is 17.4 Å². The first-order chi connectivity index (χ1) is 12.1. The molecule has 1 atom stereocenters. The summed E-state index contributed by atoms with van der Waals surface area (Å²) >= 11 is 0. The Bertz CT molecular complexity index is 885. The summed E-state index contributed by atoms with van der Waals surface area (Å²) in [6, 6.07) is 5.50. The van der Waals surface area contributed by atoms with Crippen LogP contribution in [0.3, 0.4) is 0 Å². The number of nitro groups is 1. The Labute approximate surface area is 150 Å². The van der Waals surface area contributed by atoms with Crippen LogP contribution in [0.1, 0.15) is 39.8 Å². The second-order valence-corrected chi connectivity index (χ2v) is 6.25. The molecule has 0 saturated heterocycles. The lowest BCUT2D eigenvalue weighted by Crippen LogP contribution is -2.27. The SMILES string of the molecule is Cc1ccc(C)c(C(=O)[C@H](C)OC(=O)Cn2nc(C)c([N+](=O)[O-])c2C)c1. The molecule has 2 rings (SSSR count). The number of benzene rings is 1. The molecule has 8 heteroatoms. The van der Waals surface area contributed by atoms with Gasteiger partial charge in [-0.3, -0.25) is 24.4 Å². The first-order valence-corrected chi connectivity index (χ1v) is 8.11. The number of carbonyl (C=O) groups excluding carboxylic acids is 2. The number of aryl methyl sites for hydroxylation is 3. The molecular weight excluding hydrogens is 338 g/mol. The largest absolute Gasteiger partial charge is 0.453 e. The Balaban J connectivity index is 2.10. The van der Waals surface area contributed by atoms with Crippen molar-refractivity contribution in [1.82, 2.24) is 9.78 Å². The number of carbonyl (C=O) groups is 2. The van der Waals surface area contributed by atoms with Crippen LogP contribution in [0.4, 0.5) is 5.69 Å². The number of hydrogen-bond acceptors (Lipinski definition) is 6. The number of esters is 1. The molecule has 0 saturated carbocycles. The smallest absolute Gasteiger partial charge is 0.328 e. The Kier molecular flexibility index (Phi) is 5.54. The molecule has 0 N–H and O–H groups in total. The monoisotopic (exact) mass is 359 g/mol. The predicted octanol–water partition coefficient (Wildman–Crippen LogP) is 2.84. The third-order valence-electron chi connectivity index (χ3n) is 4.14. The van der Waals surface area contributed by atoms with Gasteiger partial charge in [0.05, 0.1) is 4.92 Å². The average molecular weight is 359 g/mol. The summed E-state index contributed by atoms with van der Waals surface area (Å²) in [6.07, 6.45) is -0.963. The van der Waals surface area contributed by atoms with Gasteiger partial charge in [-0.2, -0.15) is 5.10 Å². The van der Waals surface area contributed by atoms with Gasteiger partial charge in [-0.05, 0) is 46.2 Å². The summed E-state index contributed by atoms with van der Waals surface area (Å²) < 4.78 is 6.42. The van der Waals surface area contributed by atoms with Crippen molar-refractivity contribution in [2.24, 2.45) is 0 Å². The number of ether oxygens (including phenoxy) is 1. The molecule has 1 aromatic heterocycles. The summed E-state index contributed by atoms with van der Waals surface area (Å²) in [6.45, 7) is 7.91. The van der Waals surface area contributed by atoms with Crippen LogP contribution in [0.5, 0.6) is 0 Å². The number of ketones is 1. The number of aromatic nitrogens is 2. The number of rotatable bonds is 6. The summed E-state index contributed by atoms with van der Waals surface area (Å²) in [4.78, 5) is 35.2. The summed E-state index contributed by atoms with van der Waals surface area (Å²) in [5, 5.41) is 15.0. The van der Waals surface area contributed by atoms with Crippen molar-refractivity contribution in [2.75, 3.05) is 0 Å². The molecule has 1 aromatic carbocycles. The molecule has 0 fully saturated rings. The van der Waals surface area contributed by atoms with E-state index in [0.717, 1.165) is 11.1 Å². The standard InChI is InChI=1S/C18H21N3O5/c1-10-6-7-11(2)15(8-10)18(23)14(5)26-16(22)9-20-13(4)17(21(24)25)12(3)19-20/h6-8,14H,9H2,1-5H3/t14-/m0/s1. The van der Waals surface area contributed by atoms with Crippen LogP contribution in [-0.2, 0) is 16.1 Å². The van der Waals surface area contributed by atoms with Gasteiger partial charge in [-0.1, -0.05) is 17.7 Å². The summed E-state index contributed by atoms with van der Waals surface area (Å²) in [5.74, 6) is -0.976. The zero-order valence-corrected chi connectivity index (χ0v) is 15.4. The molecule has 0 amide bonds. The highest BCUT2D eigenvalue weighted by Gasteiger charge is 2.25. The van der Waals surface area contributed by atoms with Crippen LogP contribution in [0.15, 0.2) is 18.2 Å². The van der Waals surface area contributed by atoms with Gasteiger partial charge in [0.15, 0.2) is 6.10 Å². The zero-order valence-electron chi connectivity index (χ0n) is 15.4. The summed E-state index contributed by atoms with van der Waals surface area (Å²) in [7, 11) is 0. The second kappa shape index (κ2) is 7.47. The number of Topliss-reactive ketones (excluding diaryl/α,β-unsaturated/α-hetero) is 1. The molecule has 1 heterocycles. The fraction of sp³-hybridized carbons (Fsp3) is 0.389. The molecule has 138 valence electrons. The van der Waals surface area contributed by atoms with Crippen molar-refractivity contribution in [3.05, 3.63) is 56.4 Å². The highest BCUT2D eigenvalue weighted by Crippen LogP contribution is 2.22. The van der Waals surface area contributed by atoms with E-state index in [9.17, 15) is 19.7 Å². The minimum absolute atomic E-state index is 0.127. The maximum absolute atomic E-state index is 12.5. The lowest BCUT2D eigenvalue weighted by Gasteiger charge is -2.14. The van der Waals surface area contributed by atoms with Crippen LogP contribution < -0.4 is 0 Å². The topological polar surface area (TPSA) is 104 Å². The van der Waals surface area contributed by atoms with E-state index in [1.165, 1.54) is 25.5 Å². The maximum Gasteiger partial charge on any atom is 0.328 e. The fourth-order valence-electron chi connectivity index (χ4n) is 2.74.